The molecule has 35 heavy (non-hydrogen) atoms. The molecule has 0 saturated carbocycles. The molecule has 174 valence electrons. The van der Waals surface area contributed by atoms with Crippen LogP contribution in [0, 0.1) is 0 Å². The number of ether oxygens (including phenoxy) is 2. The summed E-state index contributed by atoms with van der Waals surface area (Å²) in [4.78, 5) is 13.1. The summed E-state index contributed by atoms with van der Waals surface area (Å²) in [5.41, 5.74) is 2.50. The highest BCUT2D eigenvalue weighted by molar-refractivity contribution is 7.99. The molecule has 0 bridgehead atoms. The topological polar surface area (TPSA) is 66.2 Å². The Balaban J connectivity index is 1.42. The molecule has 0 aliphatic heterocycles. The summed E-state index contributed by atoms with van der Waals surface area (Å²) < 4.78 is 12.5. The number of thioether (sulfide) groups is 1. The second-order valence-corrected chi connectivity index (χ2v) is 8.79. The molecule has 0 unspecified atom stereocenters. The van der Waals surface area contributed by atoms with Crippen LogP contribution in [0.15, 0.2) is 96.2 Å². The molecule has 0 aliphatic carbocycles. The van der Waals surface area contributed by atoms with Crippen LogP contribution in [-0.2, 0) is 0 Å². The average Bonchev–Trinajstić information content (AvgIpc) is 3.35. The van der Waals surface area contributed by atoms with Crippen LogP contribution in [0.3, 0.4) is 0 Å². The summed E-state index contributed by atoms with van der Waals surface area (Å²) >= 11 is 1.37. The Morgan fingerprint density at radius 2 is 1.49 bits per heavy atom. The number of hydrogen-bond acceptors (Lipinski definition) is 6. The fraction of sp³-hybridized carbons (Fsp3) is 0.107. The molecule has 1 heterocycles. The molecule has 6 nitrogen and oxygen atoms in total. The minimum atomic E-state index is 0.0290. The highest BCUT2D eigenvalue weighted by Crippen LogP contribution is 2.30. The molecule has 0 fully saturated rings. The lowest BCUT2D eigenvalue weighted by Crippen LogP contribution is -2.05. The number of Topliss-reactive ketones (excluding diaryl/α,β-unsaturated/α-hetero) is 1. The molecule has 1 aromatic heterocycles. The molecule has 5 rings (SSSR count). The van der Waals surface area contributed by atoms with Gasteiger partial charge in [-0.25, -0.2) is 0 Å². The Labute approximate surface area is 207 Å². The Morgan fingerprint density at radius 1 is 0.800 bits per heavy atom. The van der Waals surface area contributed by atoms with Gasteiger partial charge in [0.25, 0.3) is 0 Å². The number of methoxy groups -OCH3 is 2. The third kappa shape index (κ3) is 4.76. The van der Waals surface area contributed by atoms with Gasteiger partial charge in [-0.1, -0.05) is 48.2 Å². The van der Waals surface area contributed by atoms with E-state index >= 15 is 0 Å². The lowest BCUT2D eigenvalue weighted by Gasteiger charge is -2.11. The lowest BCUT2D eigenvalue weighted by atomic mass is 10.0. The van der Waals surface area contributed by atoms with Crippen LogP contribution in [-0.4, -0.2) is 40.5 Å². The predicted molar refractivity (Wildman–Crippen MR) is 139 cm³/mol. The smallest absolute Gasteiger partial charge is 0.196 e. The Hall–Kier alpha value is -4.10. The van der Waals surface area contributed by atoms with E-state index in [0.717, 1.165) is 33.5 Å². The van der Waals surface area contributed by atoms with Gasteiger partial charge in [0.2, 0.25) is 0 Å². The number of benzene rings is 4. The summed E-state index contributed by atoms with van der Waals surface area (Å²) in [5, 5.41) is 11.6. The SMILES string of the molecule is COc1ccc(-c2nnc(SCC(=O)c3ccc4cc(OC)ccc4c3)n2-c2ccccc2)cc1. The van der Waals surface area contributed by atoms with E-state index < -0.39 is 0 Å². The van der Waals surface area contributed by atoms with Crippen molar-refractivity contribution in [2.45, 2.75) is 5.16 Å². The van der Waals surface area contributed by atoms with Gasteiger partial charge in [0.05, 0.1) is 20.0 Å². The number of nitrogens with zero attached hydrogens (tertiary/aromatic N) is 3. The van der Waals surface area contributed by atoms with Crippen molar-refractivity contribution >= 4 is 28.3 Å². The number of fused-ring (bicyclic) bond motifs is 1. The van der Waals surface area contributed by atoms with Gasteiger partial charge in [0, 0.05) is 16.8 Å². The standard InChI is InChI=1S/C28H23N3O3S/c1-33-24-13-10-19(11-14-24)27-29-30-28(31(27)23-6-4-3-5-7-23)35-18-26(32)22-9-8-21-17-25(34-2)15-12-20(21)16-22/h3-17H,18H2,1-2H3. The van der Waals surface area contributed by atoms with Crippen LogP contribution in [0.4, 0.5) is 0 Å². The van der Waals surface area contributed by atoms with Crippen LogP contribution in [0.5, 0.6) is 11.5 Å². The van der Waals surface area contributed by atoms with Gasteiger partial charge in [-0.2, -0.15) is 0 Å². The van der Waals surface area contributed by atoms with E-state index in [9.17, 15) is 4.79 Å². The van der Waals surface area contributed by atoms with Crippen molar-refractivity contribution < 1.29 is 14.3 Å². The van der Waals surface area contributed by atoms with Gasteiger partial charge in [-0.05, 0) is 65.4 Å². The summed E-state index contributed by atoms with van der Waals surface area (Å²) in [6.07, 6.45) is 0. The van der Waals surface area contributed by atoms with Crippen molar-refractivity contribution in [1.82, 2.24) is 14.8 Å². The van der Waals surface area contributed by atoms with Crippen LogP contribution < -0.4 is 9.47 Å². The van der Waals surface area contributed by atoms with Gasteiger partial charge in [0.15, 0.2) is 16.8 Å². The van der Waals surface area contributed by atoms with E-state index in [-0.39, 0.29) is 11.5 Å². The van der Waals surface area contributed by atoms with Gasteiger partial charge in [0.1, 0.15) is 11.5 Å². The number of carbonyl (C=O) groups is 1. The number of hydrogen-bond donors (Lipinski definition) is 0. The summed E-state index contributed by atoms with van der Waals surface area (Å²) in [7, 11) is 3.28. The zero-order valence-electron chi connectivity index (χ0n) is 19.3. The fourth-order valence-electron chi connectivity index (χ4n) is 3.84. The largest absolute Gasteiger partial charge is 0.497 e. The van der Waals surface area contributed by atoms with Crippen molar-refractivity contribution in [1.29, 1.82) is 0 Å². The first-order chi connectivity index (χ1) is 17.2. The van der Waals surface area contributed by atoms with Gasteiger partial charge < -0.3 is 9.47 Å². The first kappa shape index (κ1) is 22.7. The highest BCUT2D eigenvalue weighted by Gasteiger charge is 2.18. The van der Waals surface area contributed by atoms with E-state index in [4.69, 9.17) is 9.47 Å². The Bertz CT molecular complexity index is 1480. The van der Waals surface area contributed by atoms with E-state index in [1.165, 1.54) is 11.8 Å². The first-order valence-electron chi connectivity index (χ1n) is 11.1. The summed E-state index contributed by atoms with van der Waals surface area (Å²) in [6.45, 7) is 0. The number of aromatic nitrogens is 3. The molecular formula is C28H23N3O3S. The molecule has 0 aliphatic rings. The van der Waals surface area contributed by atoms with Crippen molar-refractivity contribution in [3.05, 3.63) is 96.6 Å². The second kappa shape index (κ2) is 10.0. The molecular weight excluding hydrogens is 458 g/mol. The van der Waals surface area contributed by atoms with Gasteiger partial charge in [-0.3, -0.25) is 9.36 Å². The predicted octanol–water partition coefficient (Wildman–Crippen LogP) is 6.08. The molecule has 0 atom stereocenters. The van der Waals surface area contributed by atoms with E-state index in [2.05, 4.69) is 10.2 Å². The van der Waals surface area contributed by atoms with Crippen molar-refractivity contribution in [3.8, 4) is 28.6 Å². The first-order valence-corrected chi connectivity index (χ1v) is 12.0. The zero-order chi connectivity index (χ0) is 24.2. The molecule has 5 aromatic rings. The molecule has 4 aromatic carbocycles. The zero-order valence-corrected chi connectivity index (χ0v) is 20.2. The van der Waals surface area contributed by atoms with E-state index in [0.29, 0.717) is 16.5 Å². The van der Waals surface area contributed by atoms with Gasteiger partial charge >= 0.3 is 0 Å². The maximum absolute atomic E-state index is 13.1. The quantitative estimate of drug-likeness (QED) is 0.198. The fourth-order valence-corrected chi connectivity index (χ4v) is 4.68. The molecule has 0 amide bonds. The molecule has 0 radical (unpaired) electrons. The third-order valence-corrected chi connectivity index (χ3v) is 6.63. The summed E-state index contributed by atoms with van der Waals surface area (Å²) in [5.74, 6) is 2.54. The van der Waals surface area contributed by atoms with E-state index in [1.807, 2.05) is 95.6 Å². The molecule has 7 heteroatoms. The van der Waals surface area contributed by atoms with Crippen LogP contribution >= 0.6 is 11.8 Å². The Morgan fingerprint density at radius 3 is 2.23 bits per heavy atom. The minimum absolute atomic E-state index is 0.0290. The monoisotopic (exact) mass is 481 g/mol. The normalized spacial score (nSPS) is 10.9. The Kier molecular flexibility index (Phi) is 6.50. The maximum atomic E-state index is 13.1. The molecule has 0 spiro atoms. The second-order valence-electron chi connectivity index (χ2n) is 7.85. The number of ketones is 1. The van der Waals surface area contributed by atoms with Crippen LogP contribution in [0.1, 0.15) is 10.4 Å². The van der Waals surface area contributed by atoms with Gasteiger partial charge in [-0.15, -0.1) is 10.2 Å². The van der Waals surface area contributed by atoms with Crippen LogP contribution in [0.25, 0.3) is 27.8 Å². The van der Waals surface area contributed by atoms with Crippen molar-refractivity contribution in [3.63, 3.8) is 0 Å². The summed E-state index contributed by atoms with van der Waals surface area (Å²) in [6, 6.07) is 29.1. The highest BCUT2D eigenvalue weighted by atomic mass is 32.2. The van der Waals surface area contributed by atoms with Crippen LogP contribution in [0.2, 0.25) is 0 Å². The van der Waals surface area contributed by atoms with Crippen molar-refractivity contribution in [2.75, 3.05) is 20.0 Å². The average molecular weight is 482 g/mol. The molecule has 0 saturated heterocycles. The number of para-hydroxylation sites is 1. The van der Waals surface area contributed by atoms with E-state index in [1.54, 1.807) is 14.2 Å². The number of rotatable bonds is 8. The molecule has 0 N–H and O–H groups in total. The third-order valence-electron chi connectivity index (χ3n) is 5.70. The maximum Gasteiger partial charge on any atom is 0.196 e. The van der Waals surface area contributed by atoms with Crippen molar-refractivity contribution in [2.24, 2.45) is 0 Å². The lowest BCUT2D eigenvalue weighted by molar-refractivity contribution is 0.102. The number of carbonyl (C=O) groups excluding carboxylic acids is 1. The minimum Gasteiger partial charge on any atom is -0.497 e.